The minimum atomic E-state index is -0.586. The minimum Gasteiger partial charge on any atom is -0.463 e. The van der Waals surface area contributed by atoms with Crippen molar-refractivity contribution >= 4 is 17.6 Å². The van der Waals surface area contributed by atoms with E-state index >= 15 is 0 Å². The van der Waals surface area contributed by atoms with Gasteiger partial charge in [-0.25, -0.2) is 4.79 Å². The average molecular weight is 287 g/mol. The molecule has 1 fully saturated rings. The highest BCUT2D eigenvalue weighted by Gasteiger charge is 2.45. The highest BCUT2D eigenvalue weighted by molar-refractivity contribution is 6.05. The molecule has 0 aromatic heterocycles. The van der Waals surface area contributed by atoms with Crippen molar-refractivity contribution in [1.82, 2.24) is 5.32 Å². The Balaban J connectivity index is 2.10. The molecule has 0 aliphatic carbocycles. The van der Waals surface area contributed by atoms with Crippen molar-refractivity contribution in [3.05, 3.63) is 41.5 Å². The van der Waals surface area contributed by atoms with Crippen LogP contribution in [0.3, 0.4) is 0 Å². The lowest BCUT2D eigenvalue weighted by Gasteiger charge is -2.28. The maximum Gasteiger partial charge on any atom is 0.336 e. The Bertz CT molecular complexity index is 594. The zero-order valence-electron chi connectivity index (χ0n) is 11.8. The molecule has 5 heteroatoms. The predicted molar refractivity (Wildman–Crippen MR) is 76.0 cm³/mol. The second kappa shape index (κ2) is 5.69. The minimum absolute atomic E-state index is 0.190. The Labute approximate surface area is 122 Å². The van der Waals surface area contributed by atoms with Crippen molar-refractivity contribution in [1.29, 1.82) is 0 Å². The van der Waals surface area contributed by atoms with E-state index in [1.54, 1.807) is 6.92 Å². The van der Waals surface area contributed by atoms with Gasteiger partial charge in [0.25, 0.3) is 5.91 Å². The Hall–Kier alpha value is -2.14. The number of fused-ring (bicyclic) bond motifs is 1. The van der Waals surface area contributed by atoms with E-state index in [9.17, 15) is 9.59 Å². The summed E-state index contributed by atoms with van der Waals surface area (Å²) in [5.41, 5.74) is 1.87. The van der Waals surface area contributed by atoms with Crippen molar-refractivity contribution in [2.75, 3.05) is 13.2 Å². The van der Waals surface area contributed by atoms with Gasteiger partial charge in [-0.1, -0.05) is 30.3 Å². The number of rotatable bonds is 3. The monoisotopic (exact) mass is 287 g/mol. The Kier molecular flexibility index (Phi) is 3.75. The van der Waals surface area contributed by atoms with Crippen LogP contribution in [0.15, 0.2) is 35.9 Å². The van der Waals surface area contributed by atoms with Gasteiger partial charge in [0.15, 0.2) is 0 Å². The molecule has 2 aliphatic rings. The molecular weight excluding hydrogens is 270 g/mol. The van der Waals surface area contributed by atoms with E-state index in [-0.39, 0.29) is 17.8 Å². The van der Waals surface area contributed by atoms with E-state index in [0.29, 0.717) is 30.9 Å². The summed E-state index contributed by atoms with van der Waals surface area (Å²) in [6.07, 6.45) is 0.0691. The molecule has 110 valence electrons. The van der Waals surface area contributed by atoms with Crippen LogP contribution in [-0.2, 0) is 19.1 Å². The van der Waals surface area contributed by atoms with Gasteiger partial charge in [0.1, 0.15) is 6.10 Å². The molecule has 0 unspecified atom stereocenters. The molecular formula is C16H17NO4. The van der Waals surface area contributed by atoms with Crippen molar-refractivity contribution in [3.63, 3.8) is 0 Å². The summed E-state index contributed by atoms with van der Waals surface area (Å²) in [5.74, 6) is -0.797. The van der Waals surface area contributed by atoms with E-state index in [2.05, 4.69) is 5.32 Å². The second-order valence-electron chi connectivity index (χ2n) is 5.05. The third-order valence-electron chi connectivity index (χ3n) is 3.80. The average Bonchev–Trinajstić information content (AvgIpc) is 2.98. The molecule has 1 saturated heterocycles. The van der Waals surface area contributed by atoms with Gasteiger partial charge in [-0.15, -0.1) is 0 Å². The first kappa shape index (κ1) is 13.8. The summed E-state index contributed by atoms with van der Waals surface area (Å²) < 4.78 is 10.6. The lowest BCUT2D eigenvalue weighted by molar-refractivity contribution is -0.140. The standard InChI is InChI=1S/C16H17NO4/c1-2-20-16(19)12-11-8-9-21-14(11)15(18)17-13(12)10-6-4-3-5-7-10/h3-7,11,14H,2,8-9H2,1H3,(H,17,18)/t11-,14-/m1/s1. The number of hydrogen-bond donors (Lipinski definition) is 1. The fraction of sp³-hybridized carbons (Fsp3) is 0.375. The molecule has 0 radical (unpaired) electrons. The summed E-state index contributed by atoms with van der Waals surface area (Å²) in [7, 11) is 0. The number of esters is 1. The summed E-state index contributed by atoms with van der Waals surface area (Å²) >= 11 is 0. The topological polar surface area (TPSA) is 64.6 Å². The Morgan fingerprint density at radius 2 is 2.14 bits per heavy atom. The number of carbonyl (C=O) groups excluding carboxylic acids is 2. The molecule has 1 amide bonds. The van der Waals surface area contributed by atoms with Crippen LogP contribution in [0.5, 0.6) is 0 Å². The summed E-state index contributed by atoms with van der Waals surface area (Å²) in [5, 5.41) is 2.81. The van der Waals surface area contributed by atoms with Gasteiger partial charge in [-0.05, 0) is 18.9 Å². The van der Waals surface area contributed by atoms with Crippen LogP contribution in [0.2, 0.25) is 0 Å². The van der Waals surface area contributed by atoms with Gasteiger partial charge < -0.3 is 14.8 Å². The quantitative estimate of drug-likeness (QED) is 0.856. The van der Waals surface area contributed by atoms with Crippen molar-refractivity contribution < 1.29 is 19.1 Å². The van der Waals surface area contributed by atoms with E-state index in [1.165, 1.54) is 0 Å². The normalized spacial score (nSPS) is 24.5. The van der Waals surface area contributed by atoms with Crippen LogP contribution >= 0.6 is 0 Å². The van der Waals surface area contributed by atoms with Crippen molar-refractivity contribution in [2.45, 2.75) is 19.4 Å². The molecule has 3 rings (SSSR count). The van der Waals surface area contributed by atoms with Crippen LogP contribution < -0.4 is 5.32 Å². The predicted octanol–water partition coefficient (Wildman–Crippen LogP) is 1.50. The van der Waals surface area contributed by atoms with Crippen molar-refractivity contribution in [2.24, 2.45) is 5.92 Å². The number of amides is 1. The summed E-state index contributed by atoms with van der Waals surface area (Å²) in [6.45, 7) is 2.55. The molecule has 0 bridgehead atoms. The van der Waals surface area contributed by atoms with Crippen LogP contribution in [0.25, 0.3) is 5.70 Å². The van der Waals surface area contributed by atoms with Crippen LogP contribution in [0.4, 0.5) is 0 Å². The van der Waals surface area contributed by atoms with Gasteiger partial charge in [0, 0.05) is 12.5 Å². The Morgan fingerprint density at radius 3 is 2.86 bits per heavy atom. The number of hydrogen-bond acceptors (Lipinski definition) is 4. The molecule has 1 aromatic carbocycles. The smallest absolute Gasteiger partial charge is 0.336 e. The third-order valence-corrected chi connectivity index (χ3v) is 3.80. The molecule has 21 heavy (non-hydrogen) atoms. The molecule has 5 nitrogen and oxygen atoms in total. The lowest BCUT2D eigenvalue weighted by Crippen LogP contribution is -2.44. The first-order valence-corrected chi connectivity index (χ1v) is 7.11. The first-order valence-electron chi connectivity index (χ1n) is 7.11. The van der Waals surface area contributed by atoms with Crippen LogP contribution in [-0.4, -0.2) is 31.2 Å². The van der Waals surface area contributed by atoms with Gasteiger partial charge in [-0.3, -0.25) is 4.79 Å². The van der Waals surface area contributed by atoms with Crippen LogP contribution in [0.1, 0.15) is 18.9 Å². The third kappa shape index (κ3) is 2.45. The second-order valence-corrected chi connectivity index (χ2v) is 5.05. The first-order chi connectivity index (χ1) is 10.2. The highest BCUT2D eigenvalue weighted by Crippen LogP contribution is 2.36. The largest absolute Gasteiger partial charge is 0.463 e. The fourth-order valence-electron chi connectivity index (χ4n) is 2.89. The molecule has 0 saturated carbocycles. The van der Waals surface area contributed by atoms with E-state index in [1.807, 2.05) is 30.3 Å². The lowest BCUT2D eigenvalue weighted by atomic mass is 9.85. The van der Waals surface area contributed by atoms with Gasteiger partial charge in [0.05, 0.1) is 17.9 Å². The van der Waals surface area contributed by atoms with Crippen LogP contribution in [0, 0.1) is 5.92 Å². The molecule has 1 aromatic rings. The van der Waals surface area contributed by atoms with Gasteiger partial charge in [0.2, 0.25) is 0 Å². The van der Waals surface area contributed by atoms with E-state index < -0.39 is 6.10 Å². The van der Waals surface area contributed by atoms with Crippen molar-refractivity contribution in [3.8, 4) is 0 Å². The maximum absolute atomic E-state index is 12.3. The highest BCUT2D eigenvalue weighted by atomic mass is 16.5. The Morgan fingerprint density at radius 1 is 1.38 bits per heavy atom. The molecule has 0 spiro atoms. The number of benzene rings is 1. The van der Waals surface area contributed by atoms with E-state index in [4.69, 9.17) is 9.47 Å². The summed E-state index contributed by atoms with van der Waals surface area (Å²) in [6, 6.07) is 9.36. The van der Waals surface area contributed by atoms with Gasteiger partial charge >= 0.3 is 5.97 Å². The molecule has 2 atom stereocenters. The van der Waals surface area contributed by atoms with Gasteiger partial charge in [-0.2, -0.15) is 0 Å². The maximum atomic E-state index is 12.3. The zero-order chi connectivity index (χ0) is 14.8. The molecule has 2 aliphatic heterocycles. The molecule has 1 N–H and O–H groups in total. The number of nitrogens with one attached hydrogen (secondary N) is 1. The molecule has 2 heterocycles. The summed E-state index contributed by atoms with van der Waals surface area (Å²) in [4.78, 5) is 24.5. The van der Waals surface area contributed by atoms with E-state index in [0.717, 1.165) is 5.56 Å². The SMILES string of the molecule is CCOC(=O)C1=C(c2ccccc2)NC(=O)[C@@H]2OCC[C@H]12. The number of ether oxygens (including phenoxy) is 2. The fourth-order valence-corrected chi connectivity index (χ4v) is 2.89. The zero-order valence-corrected chi connectivity index (χ0v) is 11.8. The number of carbonyl (C=O) groups is 2.